The first-order valence-electron chi connectivity index (χ1n) is 6.16. The minimum absolute atomic E-state index is 0.0437. The molecule has 17 heavy (non-hydrogen) atoms. The number of nitrogens with one attached hydrogen (secondary N) is 2. The van der Waals surface area contributed by atoms with Crippen molar-refractivity contribution in [2.75, 3.05) is 19.6 Å². The number of nitrogens with zero attached hydrogens (tertiary/aromatic N) is 1. The fraction of sp³-hybridized carbons (Fsp3) is 0.615. The van der Waals surface area contributed by atoms with Gasteiger partial charge in [-0.2, -0.15) is 0 Å². The van der Waals surface area contributed by atoms with E-state index in [4.69, 9.17) is 0 Å². The molecule has 1 aromatic rings. The first-order chi connectivity index (χ1) is 8.09. The van der Waals surface area contributed by atoms with Gasteiger partial charge in [0.15, 0.2) is 0 Å². The Balaban J connectivity index is 2.18. The molecule has 0 atom stereocenters. The summed E-state index contributed by atoms with van der Waals surface area (Å²) in [6.45, 7) is 8.07. The Hall–Kier alpha value is -1.13. The maximum Gasteiger partial charge on any atom is 0.250 e. The van der Waals surface area contributed by atoms with Crippen LogP contribution in [0.5, 0.6) is 0 Å². The molecular formula is C13H23N3O. The summed E-state index contributed by atoms with van der Waals surface area (Å²) in [6, 6.07) is 3.64. The molecule has 0 saturated heterocycles. The van der Waals surface area contributed by atoms with Crippen molar-refractivity contribution in [3.05, 3.63) is 34.2 Å². The van der Waals surface area contributed by atoms with Gasteiger partial charge in [-0.1, -0.05) is 13.8 Å². The van der Waals surface area contributed by atoms with Gasteiger partial charge in [-0.15, -0.1) is 0 Å². The van der Waals surface area contributed by atoms with E-state index in [9.17, 15) is 4.79 Å². The summed E-state index contributed by atoms with van der Waals surface area (Å²) in [5.41, 5.74) is 1.08. The number of pyridine rings is 1. The van der Waals surface area contributed by atoms with Gasteiger partial charge in [0, 0.05) is 38.9 Å². The van der Waals surface area contributed by atoms with Crippen molar-refractivity contribution in [3.8, 4) is 0 Å². The molecule has 0 saturated carbocycles. The Morgan fingerprint density at radius 3 is 2.65 bits per heavy atom. The lowest BCUT2D eigenvalue weighted by molar-refractivity contribution is 0.535. The normalized spacial score (nSPS) is 11.1. The second kappa shape index (κ2) is 7.25. The average Bonchev–Trinajstić information content (AvgIpc) is 2.27. The van der Waals surface area contributed by atoms with E-state index in [1.54, 1.807) is 23.9 Å². The fourth-order valence-electron chi connectivity index (χ4n) is 1.50. The smallest absolute Gasteiger partial charge is 0.250 e. The number of hydrogen-bond donors (Lipinski definition) is 2. The van der Waals surface area contributed by atoms with Crippen LogP contribution in [0.3, 0.4) is 0 Å². The number of rotatable bonds is 7. The highest BCUT2D eigenvalue weighted by Crippen LogP contribution is 1.92. The molecule has 0 fully saturated rings. The quantitative estimate of drug-likeness (QED) is 0.687. The summed E-state index contributed by atoms with van der Waals surface area (Å²) in [5.74, 6) is 0.687. The lowest BCUT2D eigenvalue weighted by Gasteiger charge is -2.08. The van der Waals surface area contributed by atoms with Crippen molar-refractivity contribution in [2.24, 2.45) is 13.0 Å². The zero-order valence-electron chi connectivity index (χ0n) is 11.0. The van der Waals surface area contributed by atoms with Crippen LogP contribution >= 0.6 is 0 Å². The summed E-state index contributed by atoms with van der Waals surface area (Å²) in [5, 5.41) is 6.67. The molecule has 4 heteroatoms. The highest BCUT2D eigenvalue weighted by atomic mass is 16.1. The molecule has 1 aromatic heterocycles. The Morgan fingerprint density at radius 1 is 1.29 bits per heavy atom. The SMILES string of the molecule is CC(C)CNCCNCc1ccn(C)c(=O)c1. The molecule has 4 nitrogen and oxygen atoms in total. The summed E-state index contributed by atoms with van der Waals surface area (Å²) < 4.78 is 1.58. The average molecular weight is 237 g/mol. The van der Waals surface area contributed by atoms with Crippen molar-refractivity contribution >= 4 is 0 Å². The highest BCUT2D eigenvalue weighted by molar-refractivity contribution is 5.10. The summed E-state index contributed by atoms with van der Waals surface area (Å²) in [7, 11) is 1.76. The van der Waals surface area contributed by atoms with Crippen LogP contribution in [-0.4, -0.2) is 24.2 Å². The zero-order valence-corrected chi connectivity index (χ0v) is 11.0. The fourth-order valence-corrected chi connectivity index (χ4v) is 1.50. The first-order valence-corrected chi connectivity index (χ1v) is 6.16. The minimum Gasteiger partial charge on any atom is -0.319 e. The van der Waals surface area contributed by atoms with E-state index >= 15 is 0 Å². The van der Waals surface area contributed by atoms with Gasteiger partial charge < -0.3 is 15.2 Å². The van der Waals surface area contributed by atoms with Crippen LogP contribution in [0.4, 0.5) is 0 Å². The number of aromatic nitrogens is 1. The molecular weight excluding hydrogens is 214 g/mol. The molecule has 1 rings (SSSR count). The molecule has 0 aliphatic rings. The zero-order chi connectivity index (χ0) is 12.7. The van der Waals surface area contributed by atoms with E-state index in [2.05, 4.69) is 24.5 Å². The molecule has 0 radical (unpaired) electrons. The summed E-state index contributed by atoms with van der Waals surface area (Å²) >= 11 is 0. The van der Waals surface area contributed by atoms with Crippen LogP contribution in [0.15, 0.2) is 23.1 Å². The Kier molecular flexibility index (Phi) is 5.94. The second-order valence-corrected chi connectivity index (χ2v) is 4.76. The van der Waals surface area contributed by atoms with Gasteiger partial charge >= 0.3 is 0 Å². The number of aryl methyl sites for hydroxylation is 1. The van der Waals surface area contributed by atoms with E-state index in [0.717, 1.165) is 31.7 Å². The van der Waals surface area contributed by atoms with Gasteiger partial charge in [0.05, 0.1) is 0 Å². The van der Waals surface area contributed by atoms with Gasteiger partial charge in [-0.05, 0) is 24.1 Å². The summed E-state index contributed by atoms with van der Waals surface area (Å²) in [6.07, 6.45) is 1.80. The van der Waals surface area contributed by atoms with Crippen LogP contribution in [0.2, 0.25) is 0 Å². The second-order valence-electron chi connectivity index (χ2n) is 4.76. The van der Waals surface area contributed by atoms with Crippen LogP contribution in [-0.2, 0) is 13.6 Å². The topological polar surface area (TPSA) is 46.1 Å². The Labute approximate surface area is 103 Å². The summed E-state index contributed by atoms with van der Waals surface area (Å²) in [4.78, 5) is 11.4. The van der Waals surface area contributed by atoms with Crippen molar-refractivity contribution < 1.29 is 0 Å². The monoisotopic (exact) mass is 237 g/mol. The van der Waals surface area contributed by atoms with Crippen molar-refractivity contribution in [1.29, 1.82) is 0 Å². The molecule has 0 aliphatic carbocycles. The third kappa shape index (κ3) is 5.65. The molecule has 2 N–H and O–H groups in total. The largest absolute Gasteiger partial charge is 0.319 e. The minimum atomic E-state index is 0.0437. The van der Waals surface area contributed by atoms with Crippen molar-refractivity contribution in [1.82, 2.24) is 15.2 Å². The Morgan fingerprint density at radius 2 is 2.00 bits per heavy atom. The van der Waals surface area contributed by atoms with Gasteiger partial charge in [0.2, 0.25) is 0 Å². The van der Waals surface area contributed by atoms with Crippen molar-refractivity contribution in [2.45, 2.75) is 20.4 Å². The maximum atomic E-state index is 11.4. The first kappa shape index (κ1) is 13.9. The predicted octanol–water partition coefficient (Wildman–Crippen LogP) is 0.720. The Bertz CT molecular complexity index is 384. The van der Waals surface area contributed by atoms with Gasteiger partial charge in [0.25, 0.3) is 5.56 Å². The van der Waals surface area contributed by atoms with Crippen molar-refractivity contribution in [3.63, 3.8) is 0 Å². The van der Waals surface area contributed by atoms with E-state index in [0.29, 0.717) is 5.92 Å². The predicted molar refractivity (Wildman–Crippen MR) is 71.1 cm³/mol. The molecule has 96 valence electrons. The lowest BCUT2D eigenvalue weighted by Crippen LogP contribution is -2.29. The van der Waals surface area contributed by atoms with Gasteiger partial charge in [-0.3, -0.25) is 4.79 Å². The molecule has 1 heterocycles. The van der Waals surface area contributed by atoms with Crippen LogP contribution in [0.1, 0.15) is 19.4 Å². The van der Waals surface area contributed by atoms with E-state index in [1.807, 2.05) is 6.07 Å². The van der Waals surface area contributed by atoms with E-state index < -0.39 is 0 Å². The van der Waals surface area contributed by atoms with Gasteiger partial charge in [-0.25, -0.2) is 0 Å². The van der Waals surface area contributed by atoms with Crippen LogP contribution < -0.4 is 16.2 Å². The number of hydrogen-bond acceptors (Lipinski definition) is 3. The molecule has 0 aliphatic heterocycles. The molecule has 0 spiro atoms. The van der Waals surface area contributed by atoms with E-state index in [1.165, 1.54) is 0 Å². The van der Waals surface area contributed by atoms with Crippen LogP contribution in [0.25, 0.3) is 0 Å². The van der Waals surface area contributed by atoms with E-state index in [-0.39, 0.29) is 5.56 Å². The molecule has 0 unspecified atom stereocenters. The molecule has 0 aromatic carbocycles. The highest BCUT2D eigenvalue weighted by Gasteiger charge is 1.96. The van der Waals surface area contributed by atoms with Crippen LogP contribution in [0, 0.1) is 5.92 Å². The standard InChI is InChI=1S/C13H23N3O/c1-11(2)9-14-5-6-15-10-12-4-7-16(3)13(17)8-12/h4,7-8,11,14-15H,5-6,9-10H2,1-3H3. The third-order valence-electron chi connectivity index (χ3n) is 2.53. The maximum absolute atomic E-state index is 11.4. The third-order valence-corrected chi connectivity index (χ3v) is 2.53. The molecule has 0 amide bonds. The van der Waals surface area contributed by atoms with Gasteiger partial charge in [0.1, 0.15) is 0 Å². The lowest BCUT2D eigenvalue weighted by atomic mass is 10.2. The molecule has 0 bridgehead atoms.